The van der Waals surface area contributed by atoms with Crippen molar-refractivity contribution < 1.29 is 54.1 Å². The second-order valence-corrected chi connectivity index (χ2v) is 34.0. The number of halogens is 12. The first kappa shape index (κ1) is 92.6. The summed E-state index contributed by atoms with van der Waals surface area (Å²) in [4.78, 5) is 0. The Kier molecular flexibility index (Phi) is 35.6. The standard InChI is InChI=1S/2C11H15ClO.C11H15Cl.C11H13F3O.C11H15FO.C10H12ClF.C10H12F2.C10H13F/c1-11(2,3)9-6-5-8(13-4)7-10(9)12;1-11(2,3)9-6-5-8(12)7-10(9)13-4;1-8-7-9(12)5-6-10(8)11(2,3)4;1-10(2,3)8-4-6-9(7-5-8)15-11(12,13)14;1-11(2,3)9-6-5-8(12)7-10(9)13-4;1-10(2,3)8-5-4-7(12)6-9(8)11;1-10(2,3)8-5-4-7(11)6-9(8)12;1-10(2,3)8-4-6-9(11)7-5-8/h2*5-7H,1-4H3;5-7H,1-4H3;4-7H,1-3H3;5-7H,1-4H3;2*4-6H,1-3H3;4-7H,1-3H3. The van der Waals surface area contributed by atoms with Gasteiger partial charge in [-0.2, -0.15) is 0 Å². The maximum absolute atomic E-state index is 13.1. The minimum absolute atomic E-state index is 0.0148. The van der Waals surface area contributed by atoms with E-state index in [9.17, 15) is 35.1 Å². The van der Waals surface area contributed by atoms with Crippen LogP contribution in [-0.4, -0.2) is 27.7 Å². The minimum atomic E-state index is -4.62. The van der Waals surface area contributed by atoms with Gasteiger partial charge in [-0.15, -0.1) is 13.2 Å². The molecule has 0 aliphatic carbocycles. The first-order valence-corrected chi connectivity index (χ1v) is 34.6. The highest BCUT2D eigenvalue weighted by molar-refractivity contribution is 6.32. The molecule has 101 heavy (non-hydrogen) atoms. The van der Waals surface area contributed by atoms with Gasteiger partial charge in [-0.25, -0.2) is 22.0 Å². The molecule has 0 saturated heterocycles. The van der Waals surface area contributed by atoms with E-state index < -0.39 is 18.0 Å². The van der Waals surface area contributed by atoms with E-state index in [-0.39, 0.29) is 66.5 Å². The molecule has 0 aromatic heterocycles. The SMILES string of the molecule is CC(C)(C)c1ccc(F)cc1.CC(C)(C)c1ccc(F)cc1Cl.CC(C)(C)c1ccc(F)cc1F.CC(C)(C)c1ccc(OC(F)(F)F)cc1.COc1cc(Cl)ccc1C(C)(C)C.COc1cc(F)ccc1C(C)(C)C.COc1ccc(C(C)(C)C)c(Cl)c1.Cc1cc(Cl)ccc1C(C)(C)C. The minimum Gasteiger partial charge on any atom is -0.497 e. The smallest absolute Gasteiger partial charge is 0.497 e. The number of aryl methyl sites for hydroxylation is 1. The number of methoxy groups -OCH3 is 3. The maximum Gasteiger partial charge on any atom is 0.573 e. The van der Waals surface area contributed by atoms with Gasteiger partial charge >= 0.3 is 6.36 Å². The van der Waals surface area contributed by atoms with Gasteiger partial charge in [-0.05, 0) is 185 Å². The van der Waals surface area contributed by atoms with E-state index in [2.05, 4.69) is 122 Å². The normalized spacial score (nSPS) is 11.8. The van der Waals surface area contributed by atoms with Crippen LogP contribution in [0.25, 0.3) is 0 Å². The van der Waals surface area contributed by atoms with Gasteiger partial charge < -0.3 is 18.9 Å². The van der Waals surface area contributed by atoms with Gasteiger partial charge in [0, 0.05) is 32.2 Å². The van der Waals surface area contributed by atoms with Gasteiger partial charge in [-0.3, -0.25) is 0 Å². The summed E-state index contributed by atoms with van der Waals surface area (Å²) in [7, 11) is 4.87. The predicted octanol–water partition coefficient (Wildman–Crippen LogP) is 28.4. The van der Waals surface area contributed by atoms with Gasteiger partial charge in [-0.1, -0.05) is 273 Å². The van der Waals surface area contributed by atoms with Crippen LogP contribution in [0.2, 0.25) is 20.1 Å². The zero-order valence-corrected chi connectivity index (χ0v) is 67.7. The molecule has 8 aromatic rings. The lowest BCUT2D eigenvalue weighted by molar-refractivity contribution is -0.274. The van der Waals surface area contributed by atoms with Crippen molar-refractivity contribution in [1.82, 2.24) is 0 Å². The van der Waals surface area contributed by atoms with E-state index in [1.165, 1.54) is 82.9 Å². The maximum atomic E-state index is 13.1. The lowest BCUT2D eigenvalue weighted by atomic mass is 9.84. The van der Waals surface area contributed by atoms with Crippen molar-refractivity contribution in [1.29, 1.82) is 0 Å². The molecule has 0 N–H and O–H groups in total. The first-order chi connectivity index (χ1) is 45.8. The second-order valence-electron chi connectivity index (χ2n) is 32.3. The fourth-order valence-corrected chi connectivity index (χ4v) is 10.9. The summed E-state index contributed by atoms with van der Waals surface area (Å²) < 4.78 is 118. The molecule has 0 radical (unpaired) electrons. The van der Waals surface area contributed by atoms with Gasteiger partial charge in [0.2, 0.25) is 0 Å². The van der Waals surface area contributed by atoms with Crippen LogP contribution in [0.1, 0.15) is 216 Å². The van der Waals surface area contributed by atoms with Gasteiger partial charge in [0.05, 0.1) is 21.3 Å². The molecule has 8 aromatic carbocycles. The van der Waals surface area contributed by atoms with E-state index >= 15 is 0 Å². The topological polar surface area (TPSA) is 36.9 Å². The van der Waals surface area contributed by atoms with Crippen LogP contribution in [-0.2, 0) is 43.3 Å². The van der Waals surface area contributed by atoms with Gasteiger partial charge in [0.25, 0.3) is 0 Å². The van der Waals surface area contributed by atoms with Crippen LogP contribution < -0.4 is 18.9 Å². The summed E-state index contributed by atoms with van der Waals surface area (Å²) in [5.41, 5.74) is 9.79. The number of rotatable bonds is 4. The molecule has 0 unspecified atom stereocenters. The van der Waals surface area contributed by atoms with Crippen LogP contribution in [0.3, 0.4) is 0 Å². The predicted molar refractivity (Wildman–Crippen MR) is 412 cm³/mol. The summed E-state index contributed by atoms with van der Waals surface area (Å²) in [6, 6.07) is 43.1. The zero-order chi connectivity index (χ0) is 78.4. The molecular formula is C85H110Cl4F8O4. The molecule has 0 saturated carbocycles. The van der Waals surface area contributed by atoms with Crippen molar-refractivity contribution in [3.8, 4) is 23.0 Å². The quantitative estimate of drug-likeness (QED) is 0.165. The fourth-order valence-electron chi connectivity index (χ4n) is 9.57. The van der Waals surface area contributed by atoms with Crippen molar-refractivity contribution in [2.75, 3.05) is 21.3 Å². The highest BCUT2D eigenvalue weighted by Crippen LogP contribution is 2.37. The average Bonchev–Trinajstić information content (AvgIpc) is 0.791. The summed E-state index contributed by atoms with van der Waals surface area (Å²) >= 11 is 23.7. The van der Waals surface area contributed by atoms with Crippen molar-refractivity contribution in [2.45, 2.75) is 223 Å². The number of hydrogen-bond donors (Lipinski definition) is 0. The van der Waals surface area contributed by atoms with Crippen molar-refractivity contribution in [2.24, 2.45) is 0 Å². The third kappa shape index (κ3) is 34.6. The molecule has 0 aliphatic rings. The van der Waals surface area contributed by atoms with E-state index in [0.29, 0.717) is 21.4 Å². The third-order valence-electron chi connectivity index (χ3n) is 15.1. The molecule has 0 atom stereocenters. The Morgan fingerprint density at radius 2 is 0.584 bits per heavy atom. The molecule has 558 valence electrons. The van der Waals surface area contributed by atoms with Gasteiger partial charge in [0.1, 0.15) is 52.1 Å². The van der Waals surface area contributed by atoms with Crippen molar-refractivity contribution in [3.05, 3.63) is 257 Å². The fraction of sp³-hybridized carbons (Fsp3) is 0.435. The number of ether oxygens (including phenoxy) is 4. The summed E-state index contributed by atoms with van der Waals surface area (Å²) in [6.07, 6.45) is -4.62. The monoisotopic (exact) mass is 1490 g/mol. The van der Waals surface area contributed by atoms with Crippen LogP contribution in [0, 0.1) is 36.0 Å². The highest BCUT2D eigenvalue weighted by atomic mass is 35.5. The number of alkyl halides is 3. The molecule has 0 heterocycles. The Hall–Kier alpha value is -6.44. The summed E-state index contributed by atoms with van der Waals surface area (Å²) in [5.74, 6) is 0.389. The summed E-state index contributed by atoms with van der Waals surface area (Å²) in [5, 5.41) is 2.81. The highest BCUT2D eigenvalue weighted by Gasteiger charge is 2.31. The van der Waals surface area contributed by atoms with Crippen molar-refractivity contribution in [3.63, 3.8) is 0 Å². The molecule has 0 spiro atoms. The molecule has 0 amide bonds. The summed E-state index contributed by atoms with van der Waals surface area (Å²) in [6.45, 7) is 52.0. The molecule has 8 rings (SSSR count). The number of hydrogen-bond acceptors (Lipinski definition) is 4. The van der Waals surface area contributed by atoms with E-state index in [1.54, 1.807) is 45.6 Å². The van der Waals surface area contributed by atoms with Crippen LogP contribution in [0.5, 0.6) is 23.0 Å². The van der Waals surface area contributed by atoms with E-state index in [0.717, 1.165) is 49.9 Å². The van der Waals surface area contributed by atoms with Crippen LogP contribution in [0.4, 0.5) is 35.1 Å². The number of benzene rings is 8. The molecule has 0 aliphatic heterocycles. The molecule has 0 fully saturated rings. The first-order valence-electron chi connectivity index (χ1n) is 33.1. The van der Waals surface area contributed by atoms with Crippen molar-refractivity contribution >= 4 is 46.4 Å². The Morgan fingerprint density at radius 1 is 0.277 bits per heavy atom. The lowest BCUT2D eigenvalue weighted by Gasteiger charge is -2.21. The molecular weight excluding hydrogens is 1380 g/mol. The average molecular weight is 1490 g/mol. The largest absolute Gasteiger partial charge is 0.573 e. The Labute approximate surface area is 620 Å². The Bertz CT molecular complexity index is 3600. The van der Waals surface area contributed by atoms with E-state index in [4.69, 9.17) is 60.6 Å². The second kappa shape index (κ2) is 38.9. The Balaban J connectivity index is 0.000000578. The van der Waals surface area contributed by atoms with Gasteiger partial charge in [0.15, 0.2) is 0 Å². The molecule has 4 nitrogen and oxygen atoms in total. The lowest BCUT2D eigenvalue weighted by Crippen LogP contribution is -2.17. The zero-order valence-electron chi connectivity index (χ0n) is 64.7. The van der Waals surface area contributed by atoms with E-state index in [1.807, 2.05) is 123 Å². The van der Waals surface area contributed by atoms with Crippen LogP contribution >= 0.6 is 46.4 Å². The van der Waals surface area contributed by atoms with Crippen LogP contribution in [0.15, 0.2) is 158 Å². The third-order valence-corrected chi connectivity index (χ3v) is 16.2. The molecule has 16 heteroatoms. The molecule has 0 bridgehead atoms. The Morgan fingerprint density at radius 3 is 0.931 bits per heavy atom.